The fourth-order valence-electron chi connectivity index (χ4n) is 1.84. The molecule has 0 saturated heterocycles. The molecule has 1 aromatic carbocycles. The molecule has 3 aromatic rings. The maximum Gasteiger partial charge on any atom is 0.181 e. The van der Waals surface area contributed by atoms with Crippen molar-refractivity contribution in [1.29, 1.82) is 0 Å². The maximum atomic E-state index is 5.00. The van der Waals surface area contributed by atoms with Crippen LogP contribution in [0.5, 0.6) is 0 Å². The Bertz CT molecular complexity index is 677. The summed E-state index contributed by atoms with van der Waals surface area (Å²) in [7, 11) is 1.63. The summed E-state index contributed by atoms with van der Waals surface area (Å²) in [6.07, 6.45) is 1.78. The molecule has 0 bridgehead atoms. The third-order valence-electron chi connectivity index (χ3n) is 2.67. The van der Waals surface area contributed by atoms with E-state index < -0.39 is 0 Å². The first kappa shape index (κ1) is 10.9. The number of hydrogen-bond donors (Lipinski definition) is 1. The molecule has 18 heavy (non-hydrogen) atoms. The number of hydrogen-bond acceptors (Lipinski definition) is 4. The van der Waals surface area contributed by atoms with Gasteiger partial charge in [-0.15, -0.1) is 0 Å². The number of methoxy groups -OCH3 is 1. The van der Waals surface area contributed by atoms with Crippen LogP contribution in [0.15, 0.2) is 36.5 Å². The summed E-state index contributed by atoms with van der Waals surface area (Å²) in [6.45, 7) is 0.433. The lowest BCUT2D eigenvalue weighted by molar-refractivity contribution is 0.178. The van der Waals surface area contributed by atoms with Crippen molar-refractivity contribution >= 4 is 10.9 Å². The number of ether oxygens (including phenoxy) is 1. The van der Waals surface area contributed by atoms with Gasteiger partial charge in [0.1, 0.15) is 6.61 Å². The Labute approximate surface area is 104 Å². The van der Waals surface area contributed by atoms with Gasteiger partial charge < -0.3 is 4.74 Å². The van der Waals surface area contributed by atoms with E-state index in [1.165, 1.54) is 0 Å². The number of benzene rings is 1. The SMILES string of the molecule is COCc1nc(-c2ccc3ncccc3c2)n[nH]1. The minimum Gasteiger partial charge on any atom is -0.377 e. The number of aromatic nitrogens is 4. The van der Waals surface area contributed by atoms with E-state index in [1.807, 2.05) is 30.3 Å². The minimum atomic E-state index is 0.433. The van der Waals surface area contributed by atoms with Gasteiger partial charge in [-0.25, -0.2) is 4.98 Å². The normalized spacial score (nSPS) is 10.9. The zero-order valence-electron chi connectivity index (χ0n) is 9.92. The second-order valence-electron chi connectivity index (χ2n) is 3.95. The first-order valence-corrected chi connectivity index (χ1v) is 5.62. The second kappa shape index (κ2) is 4.54. The fraction of sp³-hybridized carbons (Fsp3) is 0.154. The molecule has 0 amide bonds. The monoisotopic (exact) mass is 240 g/mol. The third-order valence-corrected chi connectivity index (χ3v) is 2.67. The van der Waals surface area contributed by atoms with E-state index in [4.69, 9.17) is 4.74 Å². The summed E-state index contributed by atoms with van der Waals surface area (Å²) in [6, 6.07) is 9.91. The Kier molecular flexibility index (Phi) is 2.74. The Hall–Kier alpha value is -2.27. The Balaban J connectivity index is 2.02. The van der Waals surface area contributed by atoms with Gasteiger partial charge in [-0.3, -0.25) is 10.1 Å². The summed E-state index contributed by atoms with van der Waals surface area (Å²) >= 11 is 0. The number of aromatic amines is 1. The lowest BCUT2D eigenvalue weighted by Gasteiger charge is -1.98. The van der Waals surface area contributed by atoms with Gasteiger partial charge in [0.25, 0.3) is 0 Å². The van der Waals surface area contributed by atoms with E-state index in [1.54, 1.807) is 13.3 Å². The molecule has 3 rings (SSSR count). The molecule has 90 valence electrons. The van der Waals surface area contributed by atoms with Crippen molar-refractivity contribution in [2.24, 2.45) is 0 Å². The third kappa shape index (κ3) is 1.96. The van der Waals surface area contributed by atoms with Gasteiger partial charge in [0.2, 0.25) is 0 Å². The Morgan fingerprint density at radius 1 is 1.28 bits per heavy atom. The average Bonchev–Trinajstić information content (AvgIpc) is 2.87. The number of nitrogens with zero attached hydrogens (tertiary/aromatic N) is 3. The second-order valence-corrected chi connectivity index (χ2v) is 3.95. The van der Waals surface area contributed by atoms with Crippen LogP contribution < -0.4 is 0 Å². The lowest BCUT2D eigenvalue weighted by atomic mass is 10.1. The highest BCUT2D eigenvalue weighted by Crippen LogP contribution is 2.20. The van der Waals surface area contributed by atoms with Crippen molar-refractivity contribution < 1.29 is 4.74 Å². The van der Waals surface area contributed by atoms with Crippen molar-refractivity contribution in [2.45, 2.75) is 6.61 Å². The largest absolute Gasteiger partial charge is 0.377 e. The van der Waals surface area contributed by atoms with E-state index in [2.05, 4.69) is 20.2 Å². The predicted octanol–water partition coefficient (Wildman–Crippen LogP) is 2.17. The molecule has 0 radical (unpaired) electrons. The molecule has 5 heteroatoms. The molecule has 0 atom stereocenters. The van der Waals surface area contributed by atoms with E-state index in [0.29, 0.717) is 12.4 Å². The highest BCUT2D eigenvalue weighted by Gasteiger charge is 2.06. The number of H-pyrrole nitrogens is 1. The summed E-state index contributed by atoms with van der Waals surface area (Å²) in [5.74, 6) is 1.39. The molecule has 0 aliphatic rings. The van der Waals surface area contributed by atoms with Crippen LogP contribution in [0.2, 0.25) is 0 Å². The van der Waals surface area contributed by atoms with Gasteiger partial charge in [-0.05, 0) is 24.3 Å². The number of pyridine rings is 1. The standard InChI is InChI=1S/C13H12N4O/c1-18-8-12-15-13(17-16-12)10-4-5-11-9(7-10)3-2-6-14-11/h2-7H,8H2,1H3,(H,15,16,17). The molecule has 0 aliphatic heterocycles. The zero-order chi connectivity index (χ0) is 12.4. The number of nitrogens with one attached hydrogen (secondary N) is 1. The van der Waals surface area contributed by atoms with Gasteiger partial charge in [0.05, 0.1) is 5.52 Å². The molecule has 0 unspecified atom stereocenters. The van der Waals surface area contributed by atoms with Crippen LogP contribution in [-0.2, 0) is 11.3 Å². The summed E-state index contributed by atoms with van der Waals surface area (Å²) < 4.78 is 5.00. The van der Waals surface area contributed by atoms with Crippen LogP contribution in [-0.4, -0.2) is 27.3 Å². The molecule has 0 aliphatic carbocycles. The van der Waals surface area contributed by atoms with E-state index in [0.717, 1.165) is 22.3 Å². The lowest BCUT2D eigenvalue weighted by Crippen LogP contribution is -1.89. The zero-order valence-corrected chi connectivity index (χ0v) is 9.92. The first-order valence-electron chi connectivity index (χ1n) is 5.62. The number of rotatable bonds is 3. The molecule has 2 heterocycles. The molecule has 5 nitrogen and oxygen atoms in total. The maximum absolute atomic E-state index is 5.00. The van der Waals surface area contributed by atoms with Gasteiger partial charge in [0, 0.05) is 24.3 Å². The average molecular weight is 240 g/mol. The van der Waals surface area contributed by atoms with Crippen LogP contribution in [0.4, 0.5) is 0 Å². The van der Waals surface area contributed by atoms with Gasteiger partial charge in [-0.2, -0.15) is 5.10 Å². The van der Waals surface area contributed by atoms with Crippen LogP contribution >= 0.6 is 0 Å². The summed E-state index contributed by atoms with van der Waals surface area (Å²) in [5, 5.41) is 8.10. The molecule has 2 aromatic heterocycles. The molecule has 0 saturated carbocycles. The highest BCUT2D eigenvalue weighted by atomic mass is 16.5. The van der Waals surface area contributed by atoms with E-state index in [-0.39, 0.29) is 0 Å². The van der Waals surface area contributed by atoms with Crippen LogP contribution in [0.25, 0.3) is 22.3 Å². The fourth-order valence-corrected chi connectivity index (χ4v) is 1.84. The van der Waals surface area contributed by atoms with Gasteiger partial charge in [-0.1, -0.05) is 6.07 Å². The van der Waals surface area contributed by atoms with E-state index in [9.17, 15) is 0 Å². The molecule has 0 spiro atoms. The smallest absolute Gasteiger partial charge is 0.181 e. The van der Waals surface area contributed by atoms with Crippen molar-refractivity contribution in [2.75, 3.05) is 7.11 Å². The van der Waals surface area contributed by atoms with Crippen LogP contribution in [0, 0.1) is 0 Å². The molecular formula is C13H12N4O. The number of fused-ring (bicyclic) bond motifs is 1. The highest BCUT2D eigenvalue weighted by molar-refractivity contribution is 5.82. The molecule has 1 N–H and O–H groups in total. The van der Waals surface area contributed by atoms with Crippen molar-refractivity contribution in [3.05, 3.63) is 42.4 Å². The van der Waals surface area contributed by atoms with Crippen molar-refractivity contribution in [3.63, 3.8) is 0 Å². The molecular weight excluding hydrogens is 228 g/mol. The predicted molar refractivity (Wildman–Crippen MR) is 67.8 cm³/mol. The summed E-state index contributed by atoms with van der Waals surface area (Å²) in [4.78, 5) is 8.65. The van der Waals surface area contributed by atoms with Crippen molar-refractivity contribution in [3.8, 4) is 11.4 Å². The van der Waals surface area contributed by atoms with Crippen LogP contribution in [0.1, 0.15) is 5.82 Å². The first-order chi connectivity index (χ1) is 8.86. The Morgan fingerprint density at radius 3 is 3.11 bits per heavy atom. The minimum absolute atomic E-state index is 0.433. The Morgan fingerprint density at radius 2 is 2.22 bits per heavy atom. The van der Waals surface area contributed by atoms with Crippen LogP contribution in [0.3, 0.4) is 0 Å². The topological polar surface area (TPSA) is 63.7 Å². The van der Waals surface area contributed by atoms with Gasteiger partial charge in [0.15, 0.2) is 11.6 Å². The van der Waals surface area contributed by atoms with Crippen molar-refractivity contribution in [1.82, 2.24) is 20.2 Å². The van der Waals surface area contributed by atoms with E-state index >= 15 is 0 Å². The molecule has 0 fully saturated rings. The quantitative estimate of drug-likeness (QED) is 0.762. The summed E-state index contributed by atoms with van der Waals surface area (Å²) in [5.41, 5.74) is 1.93. The van der Waals surface area contributed by atoms with Gasteiger partial charge >= 0.3 is 0 Å².